The minimum Gasteiger partial charge on any atom is -0.0625 e. The van der Waals surface area contributed by atoms with Crippen molar-refractivity contribution in [1.82, 2.24) is 0 Å². The molecule has 0 spiro atoms. The second kappa shape index (κ2) is 5.03. The zero-order valence-corrected chi connectivity index (χ0v) is 14.5. The van der Waals surface area contributed by atoms with E-state index in [4.69, 9.17) is 0 Å². The Balaban J connectivity index is 1.81. The van der Waals surface area contributed by atoms with Crippen molar-refractivity contribution in [3.63, 3.8) is 0 Å². The number of fused-ring (bicyclic) bond motifs is 3. The molecule has 0 aromatic heterocycles. The SMILES string of the molecule is CC(C)C1CCC2C(CCC3C(C)(C)CCCC23C)C1. The van der Waals surface area contributed by atoms with E-state index in [-0.39, 0.29) is 0 Å². The molecule has 0 nitrogen and oxygen atoms in total. The van der Waals surface area contributed by atoms with Crippen LogP contribution >= 0.6 is 0 Å². The van der Waals surface area contributed by atoms with Crippen LogP contribution in [-0.2, 0) is 0 Å². The van der Waals surface area contributed by atoms with Crippen LogP contribution < -0.4 is 0 Å². The van der Waals surface area contributed by atoms with Gasteiger partial charge in [-0.1, -0.05) is 41.0 Å². The highest BCUT2D eigenvalue weighted by Gasteiger charge is 2.55. The molecule has 0 aromatic carbocycles. The fourth-order valence-electron chi connectivity index (χ4n) is 6.80. The molecule has 3 rings (SSSR count). The smallest absolute Gasteiger partial charge is 0.0261 e. The maximum atomic E-state index is 2.69. The van der Waals surface area contributed by atoms with E-state index in [9.17, 15) is 0 Å². The molecule has 0 saturated heterocycles. The minimum absolute atomic E-state index is 0.604. The van der Waals surface area contributed by atoms with Crippen molar-refractivity contribution in [3.8, 4) is 0 Å². The molecule has 3 fully saturated rings. The third-order valence-electron chi connectivity index (χ3n) is 7.91. The zero-order chi connectivity index (χ0) is 14.5. The first-order chi connectivity index (χ1) is 9.34. The van der Waals surface area contributed by atoms with Gasteiger partial charge in [-0.25, -0.2) is 0 Å². The van der Waals surface area contributed by atoms with E-state index < -0.39 is 0 Å². The summed E-state index contributed by atoms with van der Waals surface area (Å²) in [6.45, 7) is 12.7. The van der Waals surface area contributed by atoms with Crippen LogP contribution in [0.25, 0.3) is 0 Å². The molecule has 0 amide bonds. The summed E-state index contributed by atoms with van der Waals surface area (Å²) in [5, 5.41) is 0. The largest absolute Gasteiger partial charge is 0.0625 e. The molecule has 0 heteroatoms. The van der Waals surface area contributed by atoms with Crippen molar-refractivity contribution in [1.29, 1.82) is 0 Å². The van der Waals surface area contributed by atoms with Gasteiger partial charge < -0.3 is 0 Å². The van der Waals surface area contributed by atoms with Crippen LogP contribution in [0.1, 0.15) is 86.0 Å². The summed E-state index contributed by atoms with van der Waals surface area (Å²) in [6.07, 6.45) is 12.1. The molecule has 5 atom stereocenters. The molecule has 0 bridgehead atoms. The molecular weight excluding hydrogens is 240 g/mol. The summed E-state index contributed by atoms with van der Waals surface area (Å²) >= 11 is 0. The summed E-state index contributed by atoms with van der Waals surface area (Å²) in [7, 11) is 0. The number of hydrogen-bond acceptors (Lipinski definition) is 0. The molecule has 0 aliphatic heterocycles. The Kier molecular flexibility index (Phi) is 3.75. The fourth-order valence-corrected chi connectivity index (χ4v) is 6.80. The highest BCUT2D eigenvalue weighted by Crippen LogP contribution is 2.64. The van der Waals surface area contributed by atoms with E-state index in [1.165, 1.54) is 44.9 Å². The first kappa shape index (κ1) is 14.9. The van der Waals surface area contributed by atoms with Gasteiger partial charge in [-0.05, 0) is 85.4 Å². The van der Waals surface area contributed by atoms with Crippen LogP contribution in [0.3, 0.4) is 0 Å². The van der Waals surface area contributed by atoms with Gasteiger partial charge in [0, 0.05) is 0 Å². The molecule has 116 valence electrons. The van der Waals surface area contributed by atoms with Gasteiger partial charge in [-0.3, -0.25) is 0 Å². The topological polar surface area (TPSA) is 0 Å². The predicted octanol–water partition coefficient (Wildman–Crippen LogP) is 6.30. The van der Waals surface area contributed by atoms with Gasteiger partial charge in [0.05, 0.1) is 0 Å². The quantitative estimate of drug-likeness (QED) is 0.527. The highest BCUT2D eigenvalue weighted by molar-refractivity contribution is 5.04. The van der Waals surface area contributed by atoms with Crippen LogP contribution in [-0.4, -0.2) is 0 Å². The second-order valence-electron chi connectivity index (χ2n) is 9.66. The molecule has 5 unspecified atom stereocenters. The lowest BCUT2D eigenvalue weighted by Crippen LogP contribution is -2.53. The van der Waals surface area contributed by atoms with E-state index in [1.54, 1.807) is 6.42 Å². The minimum atomic E-state index is 0.604. The Morgan fingerprint density at radius 2 is 1.65 bits per heavy atom. The number of hydrogen-bond donors (Lipinski definition) is 0. The van der Waals surface area contributed by atoms with Gasteiger partial charge in [0.15, 0.2) is 0 Å². The van der Waals surface area contributed by atoms with Gasteiger partial charge in [-0.15, -0.1) is 0 Å². The lowest BCUT2D eigenvalue weighted by atomic mass is 9.44. The molecule has 0 aromatic rings. The highest BCUT2D eigenvalue weighted by atomic mass is 14.6. The van der Waals surface area contributed by atoms with Crippen LogP contribution in [0.5, 0.6) is 0 Å². The Bertz CT molecular complexity index is 353. The van der Waals surface area contributed by atoms with Crippen LogP contribution in [0.15, 0.2) is 0 Å². The zero-order valence-electron chi connectivity index (χ0n) is 14.5. The van der Waals surface area contributed by atoms with E-state index in [0.29, 0.717) is 10.8 Å². The van der Waals surface area contributed by atoms with Crippen LogP contribution in [0.2, 0.25) is 0 Å². The standard InChI is InChI=1S/C20H36/c1-14(2)15-7-9-17-16(13-15)8-10-18-19(3,4)11-6-12-20(17,18)5/h14-18H,6-13H2,1-5H3. The van der Waals surface area contributed by atoms with Gasteiger partial charge in [0.1, 0.15) is 0 Å². The second-order valence-corrected chi connectivity index (χ2v) is 9.66. The Morgan fingerprint density at radius 3 is 2.35 bits per heavy atom. The molecular formula is C20H36. The maximum absolute atomic E-state index is 2.69. The molecule has 0 heterocycles. The average molecular weight is 277 g/mol. The Morgan fingerprint density at radius 1 is 0.900 bits per heavy atom. The Hall–Kier alpha value is 0. The van der Waals surface area contributed by atoms with Crippen molar-refractivity contribution in [2.75, 3.05) is 0 Å². The van der Waals surface area contributed by atoms with Gasteiger partial charge in [0.25, 0.3) is 0 Å². The first-order valence-corrected chi connectivity index (χ1v) is 9.34. The number of rotatable bonds is 1. The fraction of sp³-hybridized carbons (Fsp3) is 1.00. The monoisotopic (exact) mass is 276 g/mol. The average Bonchev–Trinajstić information content (AvgIpc) is 2.37. The van der Waals surface area contributed by atoms with E-state index in [0.717, 1.165) is 29.6 Å². The molecule has 0 radical (unpaired) electrons. The van der Waals surface area contributed by atoms with E-state index in [2.05, 4.69) is 34.6 Å². The summed E-state index contributed by atoms with van der Waals surface area (Å²) < 4.78 is 0. The van der Waals surface area contributed by atoms with Gasteiger partial charge in [0.2, 0.25) is 0 Å². The molecule has 3 aliphatic rings. The third kappa shape index (κ3) is 2.26. The van der Waals surface area contributed by atoms with Crippen molar-refractivity contribution in [2.45, 2.75) is 86.0 Å². The van der Waals surface area contributed by atoms with Gasteiger partial charge >= 0.3 is 0 Å². The Labute approximate surface area is 127 Å². The summed E-state index contributed by atoms with van der Waals surface area (Å²) in [5.41, 5.74) is 1.28. The predicted molar refractivity (Wildman–Crippen MR) is 87.6 cm³/mol. The molecule has 20 heavy (non-hydrogen) atoms. The lowest BCUT2D eigenvalue weighted by molar-refractivity contribution is -0.117. The van der Waals surface area contributed by atoms with Crippen molar-refractivity contribution < 1.29 is 0 Å². The van der Waals surface area contributed by atoms with Crippen LogP contribution in [0, 0.1) is 40.4 Å². The van der Waals surface area contributed by atoms with Crippen LogP contribution in [0.4, 0.5) is 0 Å². The molecule has 3 aliphatic carbocycles. The summed E-state index contributed by atoms with van der Waals surface area (Å²) in [4.78, 5) is 0. The molecule has 3 saturated carbocycles. The van der Waals surface area contributed by atoms with Crippen molar-refractivity contribution in [3.05, 3.63) is 0 Å². The summed E-state index contributed by atoms with van der Waals surface area (Å²) in [6, 6.07) is 0. The summed E-state index contributed by atoms with van der Waals surface area (Å²) in [5.74, 6) is 5.04. The van der Waals surface area contributed by atoms with Crippen molar-refractivity contribution in [2.24, 2.45) is 40.4 Å². The van der Waals surface area contributed by atoms with Gasteiger partial charge in [-0.2, -0.15) is 0 Å². The third-order valence-corrected chi connectivity index (χ3v) is 7.91. The lowest BCUT2D eigenvalue weighted by Gasteiger charge is -2.61. The van der Waals surface area contributed by atoms with Crippen molar-refractivity contribution >= 4 is 0 Å². The molecule has 0 N–H and O–H groups in total. The van der Waals surface area contributed by atoms with E-state index in [1.807, 2.05) is 0 Å². The van der Waals surface area contributed by atoms with E-state index >= 15 is 0 Å². The normalized spacial score (nSPS) is 47.7. The first-order valence-electron chi connectivity index (χ1n) is 9.34. The maximum Gasteiger partial charge on any atom is -0.0261 e.